The van der Waals surface area contributed by atoms with Gasteiger partial charge in [-0.2, -0.15) is 0 Å². The van der Waals surface area contributed by atoms with E-state index < -0.39 is 5.54 Å². The highest BCUT2D eigenvalue weighted by Crippen LogP contribution is 2.30. The van der Waals surface area contributed by atoms with Crippen molar-refractivity contribution in [3.05, 3.63) is 59.2 Å². The Morgan fingerprint density at radius 1 is 1.07 bits per heavy atom. The molecule has 216 valence electrons. The largest absolute Gasteiger partial charge is 0.388 e. The summed E-state index contributed by atoms with van der Waals surface area (Å²) in [5.41, 5.74) is 3.17. The van der Waals surface area contributed by atoms with Crippen LogP contribution in [0.4, 0.5) is 10.1 Å². The van der Waals surface area contributed by atoms with Gasteiger partial charge in [0, 0.05) is 51.5 Å². The van der Waals surface area contributed by atoms with E-state index in [1.165, 1.54) is 17.8 Å². The quantitative estimate of drug-likeness (QED) is 0.532. The molecule has 1 aromatic carbocycles. The molecule has 0 bridgehead atoms. The molecule has 2 fully saturated rings. The number of halogens is 1. The number of aromatic nitrogens is 1. The Morgan fingerprint density at radius 3 is 2.38 bits per heavy atom. The Hall–Kier alpha value is -3.53. The molecule has 0 spiro atoms. The molecule has 1 aromatic heterocycles. The summed E-state index contributed by atoms with van der Waals surface area (Å²) in [5.74, 6) is 0.0709. The van der Waals surface area contributed by atoms with Crippen LogP contribution in [0.1, 0.15) is 62.3 Å². The van der Waals surface area contributed by atoms with E-state index in [1.807, 2.05) is 25.8 Å². The number of carbonyl (C=O) groups excluding carboxylic acids is 3. The molecule has 0 atom stereocenters. The van der Waals surface area contributed by atoms with E-state index in [0.717, 1.165) is 62.1 Å². The van der Waals surface area contributed by atoms with Gasteiger partial charge in [-0.25, -0.2) is 4.39 Å². The van der Waals surface area contributed by atoms with Gasteiger partial charge in [-0.05, 0) is 74.8 Å². The average Bonchev–Trinajstić information content (AvgIpc) is 3.40. The molecule has 2 aromatic rings. The Balaban J connectivity index is 0.000000255. The third-order valence-corrected chi connectivity index (χ3v) is 7.92. The van der Waals surface area contributed by atoms with Crippen LogP contribution in [0, 0.1) is 11.7 Å². The highest BCUT2D eigenvalue weighted by atomic mass is 19.1. The van der Waals surface area contributed by atoms with Crippen molar-refractivity contribution in [2.45, 2.75) is 64.1 Å². The summed E-state index contributed by atoms with van der Waals surface area (Å²) in [6.07, 6.45) is 5.29. The monoisotopic (exact) mass is 553 g/mol. The molecule has 3 aliphatic heterocycles. The number of carbonyl (C=O) groups is 3. The third-order valence-electron chi connectivity index (χ3n) is 7.92. The zero-order valence-electron chi connectivity index (χ0n) is 23.6. The van der Waals surface area contributed by atoms with E-state index in [9.17, 15) is 18.8 Å². The van der Waals surface area contributed by atoms with E-state index >= 15 is 0 Å². The van der Waals surface area contributed by atoms with Gasteiger partial charge in [-0.15, -0.1) is 0 Å². The van der Waals surface area contributed by atoms with Crippen LogP contribution in [0.2, 0.25) is 0 Å². The van der Waals surface area contributed by atoms with Gasteiger partial charge in [0.25, 0.3) is 0 Å². The number of amides is 3. The maximum atomic E-state index is 13.0. The molecule has 0 unspecified atom stereocenters. The normalized spacial score (nSPS) is 17.9. The second-order valence-electron chi connectivity index (χ2n) is 11.2. The topological polar surface area (TPSA) is 104 Å². The number of anilines is 1. The predicted octanol–water partition coefficient (Wildman–Crippen LogP) is 3.45. The summed E-state index contributed by atoms with van der Waals surface area (Å²) >= 11 is 0. The first-order valence-corrected chi connectivity index (χ1v) is 14.0. The molecule has 5 rings (SSSR count). The number of piperidine rings is 1. The summed E-state index contributed by atoms with van der Waals surface area (Å²) in [7, 11) is 1.92. The zero-order valence-corrected chi connectivity index (χ0v) is 23.6. The van der Waals surface area contributed by atoms with E-state index in [4.69, 9.17) is 4.74 Å². The summed E-state index contributed by atoms with van der Waals surface area (Å²) in [5, 5.41) is 6.13. The van der Waals surface area contributed by atoms with Gasteiger partial charge in [0.1, 0.15) is 11.4 Å². The molecular formula is C30H40FN5O4. The van der Waals surface area contributed by atoms with Gasteiger partial charge in [0.15, 0.2) is 0 Å². The van der Waals surface area contributed by atoms with Crippen molar-refractivity contribution in [1.29, 1.82) is 0 Å². The average molecular weight is 554 g/mol. The first-order chi connectivity index (χ1) is 19.2. The zero-order chi connectivity index (χ0) is 28.7. The number of hydrogen-bond acceptors (Lipinski definition) is 6. The van der Waals surface area contributed by atoms with Crippen LogP contribution in [0.25, 0.3) is 0 Å². The van der Waals surface area contributed by atoms with E-state index in [1.54, 1.807) is 4.90 Å². The van der Waals surface area contributed by atoms with Crippen LogP contribution in [0.3, 0.4) is 0 Å². The van der Waals surface area contributed by atoms with Crippen LogP contribution in [-0.4, -0.2) is 71.9 Å². The summed E-state index contributed by atoms with van der Waals surface area (Å²) in [4.78, 5) is 43.3. The van der Waals surface area contributed by atoms with Crippen molar-refractivity contribution in [3.63, 3.8) is 0 Å². The number of likely N-dealkylation sites (tertiary alicyclic amines) is 1. The molecule has 40 heavy (non-hydrogen) atoms. The molecule has 2 N–H and O–H groups in total. The van der Waals surface area contributed by atoms with Gasteiger partial charge in [0.05, 0.1) is 18.4 Å². The number of pyridine rings is 1. The summed E-state index contributed by atoms with van der Waals surface area (Å²) < 4.78 is 17.9. The van der Waals surface area contributed by atoms with Crippen LogP contribution < -0.4 is 10.6 Å². The van der Waals surface area contributed by atoms with Crippen LogP contribution in [-0.2, 0) is 32.2 Å². The standard InChI is InChI=1S/C22H33N3O3.C8H7FN2O/c1-22(2,24-20(26)18-10-14-28-15-11-18)21(27)25-12-8-17(9-13-25)16-4-6-19(23-3)7-5-16;9-7-1-6-3-11(5-12)4-8(6)10-2-7/h4-7,17-18,23H,8-15H2,1-3H3,(H,24,26);1-2,5H,3-4H2. The smallest absolute Gasteiger partial charge is 0.247 e. The maximum absolute atomic E-state index is 13.0. The van der Waals surface area contributed by atoms with E-state index in [2.05, 4.69) is 39.9 Å². The van der Waals surface area contributed by atoms with E-state index in [0.29, 0.717) is 32.2 Å². The lowest BCUT2D eigenvalue weighted by molar-refractivity contribution is -0.143. The lowest BCUT2D eigenvalue weighted by Crippen LogP contribution is -2.58. The fourth-order valence-electron chi connectivity index (χ4n) is 5.49. The fourth-order valence-corrected chi connectivity index (χ4v) is 5.49. The molecular weight excluding hydrogens is 513 g/mol. The number of ether oxygens (including phenoxy) is 1. The van der Waals surface area contributed by atoms with Gasteiger partial charge in [-0.1, -0.05) is 12.1 Å². The lowest BCUT2D eigenvalue weighted by atomic mass is 9.88. The molecule has 3 amide bonds. The molecule has 0 saturated carbocycles. The second kappa shape index (κ2) is 13.2. The Morgan fingerprint density at radius 2 is 1.75 bits per heavy atom. The van der Waals surface area contributed by atoms with Crippen molar-refractivity contribution in [2.24, 2.45) is 5.92 Å². The van der Waals surface area contributed by atoms with Gasteiger partial charge < -0.3 is 25.2 Å². The minimum Gasteiger partial charge on any atom is -0.388 e. The molecule has 0 radical (unpaired) electrons. The minimum atomic E-state index is -0.878. The van der Waals surface area contributed by atoms with Crippen molar-refractivity contribution < 1.29 is 23.5 Å². The SMILES string of the molecule is CNc1ccc(C2CCN(C(=O)C(C)(C)NC(=O)C3CCOCC3)CC2)cc1.O=CN1Cc2cc(F)cnc2C1. The Labute approximate surface area is 235 Å². The lowest BCUT2D eigenvalue weighted by Gasteiger charge is -2.38. The van der Waals surface area contributed by atoms with Gasteiger partial charge in [0.2, 0.25) is 18.2 Å². The first kappa shape index (κ1) is 29.5. The van der Waals surface area contributed by atoms with Gasteiger partial charge >= 0.3 is 0 Å². The maximum Gasteiger partial charge on any atom is 0.247 e. The van der Waals surface area contributed by atoms with Crippen LogP contribution in [0.5, 0.6) is 0 Å². The number of rotatable bonds is 6. The number of nitrogens with zero attached hydrogens (tertiary/aromatic N) is 3. The van der Waals surface area contributed by atoms with Crippen molar-refractivity contribution >= 4 is 23.9 Å². The Bertz CT molecular complexity index is 1180. The molecule has 4 heterocycles. The molecule has 9 nitrogen and oxygen atoms in total. The van der Waals surface area contributed by atoms with Crippen molar-refractivity contribution in [2.75, 3.05) is 38.7 Å². The highest BCUT2D eigenvalue weighted by Gasteiger charge is 2.37. The number of benzene rings is 1. The first-order valence-electron chi connectivity index (χ1n) is 14.0. The number of nitrogens with one attached hydrogen (secondary N) is 2. The third kappa shape index (κ3) is 7.35. The number of hydrogen-bond donors (Lipinski definition) is 2. The van der Waals surface area contributed by atoms with Crippen molar-refractivity contribution in [1.82, 2.24) is 20.1 Å². The van der Waals surface area contributed by atoms with E-state index in [-0.39, 0.29) is 23.5 Å². The van der Waals surface area contributed by atoms with Gasteiger partial charge in [-0.3, -0.25) is 19.4 Å². The number of fused-ring (bicyclic) bond motifs is 1. The molecule has 0 aliphatic carbocycles. The van der Waals surface area contributed by atoms with Crippen LogP contribution >= 0.6 is 0 Å². The molecule has 3 aliphatic rings. The minimum absolute atomic E-state index is 0.0110. The van der Waals surface area contributed by atoms with Crippen LogP contribution in [0.15, 0.2) is 36.5 Å². The molecule has 10 heteroatoms. The summed E-state index contributed by atoms with van der Waals surface area (Å²) in [6.45, 7) is 7.30. The Kier molecular flexibility index (Phi) is 9.73. The summed E-state index contributed by atoms with van der Waals surface area (Å²) in [6, 6.07) is 9.97. The highest BCUT2D eigenvalue weighted by molar-refractivity contribution is 5.91. The fraction of sp³-hybridized carbons (Fsp3) is 0.533. The predicted molar refractivity (Wildman–Crippen MR) is 150 cm³/mol. The second-order valence-corrected chi connectivity index (χ2v) is 11.2. The molecule has 2 saturated heterocycles. The van der Waals surface area contributed by atoms with Crippen molar-refractivity contribution in [3.8, 4) is 0 Å².